The molecule has 0 aliphatic heterocycles. The molecule has 0 saturated carbocycles. The first kappa shape index (κ1) is 46.5. The van der Waals surface area contributed by atoms with Crippen molar-refractivity contribution in [3.05, 3.63) is 195 Å². The molecule has 0 amide bonds. The van der Waals surface area contributed by atoms with Crippen LogP contribution in [0.25, 0.3) is 86.9 Å². The molecule has 0 aliphatic carbocycles. The van der Waals surface area contributed by atoms with Crippen LogP contribution in [0.5, 0.6) is 0 Å². The van der Waals surface area contributed by atoms with E-state index in [1.54, 1.807) is 0 Å². The van der Waals surface area contributed by atoms with E-state index in [1.807, 2.05) is 0 Å². The van der Waals surface area contributed by atoms with E-state index in [9.17, 15) is 0 Å². The number of rotatable bonds is 2. The van der Waals surface area contributed by atoms with E-state index in [1.165, 1.54) is 98.0 Å². The molecular weight excluding hydrogens is 847 g/mol. The summed E-state index contributed by atoms with van der Waals surface area (Å²) in [6.45, 7) is 20.5. The minimum atomic E-state index is 0. The van der Waals surface area contributed by atoms with Gasteiger partial charge in [0.25, 0.3) is 0 Å². The molecule has 0 saturated heterocycles. The fourth-order valence-electron chi connectivity index (χ4n) is 8.38. The zero-order valence-corrected chi connectivity index (χ0v) is 39.5. The second-order valence-corrected chi connectivity index (χ2v) is 17.3. The Balaban J connectivity index is 0.000000204. The Morgan fingerprint density at radius 2 is 0.667 bits per heavy atom. The summed E-state index contributed by atoms with van der Waals surface area (Å²) in [5.41, 5.74) is 8.45. The van der Waals surface area contributed by atoms with Crippen molar-refractivity contribution in [3.8, 4) is 22.3 Å². The Kier molecular flexibility index (Phi) is 14.8. The molecule has 10 aromatic rings. The molecule has 0 unspecified atom stereocenters. The van der Waals surface area contributed by atoms with Crippen molar-refractivity contribution in [1.29, 1.82) is 0 Å². The molecule has 0 aromatic heterocycles. The Bertz CT molecular complexity index is 2720. The Morgan fingerprint density at radius 3 is 0.950 bits per heavy atom. The summed E-state index contributed by atoms with van der Waals surface area (Å²) in [5, 5.41) is 15.8. The normalized spacial score (nSPS) is 11.3. The quantitative estimate of drug-likeness (QED) is 0.120. The van der Waals surface area contributed by atoms with Crippen molar-refractivity contribution in [3.63, 3.8) is 0 Å². The molecule has 0 atom stereocenters. The van der Waals surface area contributed by atoms with Gasteiger partial charge < -0.3 is 45.1 Å². The van der Waals surface area contributed by atoms with Gasteiger partial charge in [0.05, 0.1) is 0 Å². The number of hydrogen-bond donors (Lipinski definition) is 0. The SMILES string of the molecule is CC(C)(C)c1cc2c(-c3c4ccccc4cc4ccccc34)cccc2[cH-]1.CC(C)(C)c1cc2c(-c3c4ccccc4cc4ccccc34)cccc2[cH-]1.[CH2-]C[CH2-].[Cl-].[Cl-].[Zr+2]. The second-order valence-electron chi connectivity index (χ2n) is 17.3. The van der Waals surface area contributed by atoms with Crippen molar-refractivity contribution in [2.75, 3.05) is 0 Å². The molecule has 10 aromatic carbocycles. The second kappa shape index (κ2) is 19.0. The van der Waals surface area contributed by atoms with Crippen molar-refractivity contribution >= 4 is 64.6 Å². The maximum atomic E-state index is 3.38. The fraction of sp³-hybridized carbons (Fsp3) is 0.158. The first-order valence-electron chi connectivity index (χ1n) is 20.3. The molecular formula is C57H52Cl2Zr-4. The zero-order valence-electron chi connectivity index (χ0n) is 35.5. The van der Waals surface area contributed by atoms with Gasteiger partial charge in [0, 0.05) is 0 Å². The van der Waals surface area contributed by atoms with Crippen LogP contribution in [0.4, 0.5) is 0 Å². The van der Waals surface area contributed by atoms with Gasteiger partial charge in [-0.3, -0.25) is 0 Å². The van der Waals surface area contributed by atoms with Crippen molar-refractivity contribution < 1.29 is 51.0 Å². The van der Waals surface area contributed by atoms with Gasteiger partial charge in [0.15, 0.2) is 0 Å². The van der Waals surface area contributed by atoms with Crippen molar-refractivity contribution in [2.24, 2.45) is 0 Å². The van der Waals surface area contributed by atoms with Gasteiger partial charge in [-0.15, -0.1) is 69.1 Å². The molecule has 302 valence electrons. The van der Waals surface area contributed by atoms with Crippen LogP contribution in [-0.4, -0.2) is 0 Å². The van der Waals surface area contributed by atoms with E-state index < -0.39 is 0 Å². The third-order valence-electron chi connectivity index (χ3n) is 11.3. The minimum absolute atomic E-state index is 0. The third-order valence-corrected chi connectivity index (χ3v) is 11.3. The number of hydrogen-bond acceptors (Lipinski definition) is 0. The molecule has 0 aliphatic rings. The minimum Gasteiger partial charge on any atom is -1.00 e. The van der Waals surface area contributed by atoms with Gasteiger partial charge in [-0.25, -0.2) is 0 Å². The van der Waals surface area contributed by atoms with Crippen LogP contribution in [0.3, 0.4) is 0 Å². The number of fused-ring (bicyclic) bond motifs is 6. The van der Waals surface area contributed by atoms with Gasteiger partial charge >= 0.3 is 26.2 Å². The summed E-state index contributed by atoms with van der Waals surface area (Å²) in [6, 6.07) is 62.5. The first-order valence-corrected chi connectivity index (χ1v) is 20.3. The average molecular weight is 899 g/mol. The molecule has 10 rings (SSSR count). The predicted molar refractivity (Wildman–Crippen MR) is 253 cm³/mol. The van der Waals surface area contributed by atoms with Crippen molar-refractivity contribution in [1.82, 2.24) is 0 Å². The molecule has 0 spiro atoms. The summed E-state index contributed by atoms with van der Waals surface area (Å²) in [7, 11) is 0. The van der Waals surface area contributed by atoms with Crippen molar-refractivity contribution in [2.45, 2.75) is 58.8 Å². The van der Waals surface area contributed by atoms with Gasteiger partial charge in [0.1, 0.15) is 0 Å². The van der Waals surface area contributed by atoms with E-state index in [4.69, 9.17) is 0 Å². The monoisotopic (exact) mass is 896 g/mol. The first-order chi connectivity index (χ1) is 27.5. The standard InChI is InChI=1S/2C27H23.C3H6.2ClH.Zr/c2*1-27(2,3)21-16-20-11-8-14-24(25(20)17-21)26-22-12-6-4-9-18(22)15-19-10-5-7-13-23(19)26;1-3-2;;;/h2*4-17H,1-3H3;1-3H2;2*1H;/q2*-1;-2;;;+2/p-2. The van der Waals surface area contributed by atoms with Crippen LogP contribution in [0.2, 0.25) is 0 Å². The molecule has 0 nitrogen and oxygen atoms in total. The zero-order chi connectivity index (χ0) is 39.9. The van der Waals surface area contributed by atoms with E-state index in [0.29, 0.717) is 0 Å². The average Bonchev–Trinajstić information content (AvgIpc) is 3.86. The molecule has 0 fully saturated rings. The molecule has 0 heterocycles. The van der Waals surface area contributed by atoms with Crippen LogP contribution >= 0.6 is 0 Å². The Hall–Kier alpha value is -4.52. The topological polar surface area (TPSA) is 0 Å². The van der Waals surface area contributed by atoms with Crippen LogP contribution in [0, 0.1) is 13.8 Å². The van der Waals surface area contributed by atoms with E-state index in [0.717, 1.165) is 6.42 Å². The van der Waals surface area contributed by atoms with Gasteiger partial charge in [-0.1, -0.05) is 162 Å². The molecule has 60 heavy (non-hydrogen) atoms. The number of benzene rings is 8. The third kappa shape index (κ3) is 9.06. The van der Waals surface area contributed by atoms with Gasteiger partial charge in [0.2, 0.25) is 0 Å². The van der Waals surface area contributed by atoms with Gasteiger partial charge in [-0.2, -0.15) is 12.1 Å². The summed E-state index contributed by atoms with van der Waals surface area (Å²) >= 11 is 0. The maximum Gasteiger partial charge on any atom is 2.00 e. The predicted octanol–water partition coefficient (Wildman–Crippen LogP) is 10.7. The fourth-order valence-corrected chi connectivity index (χ4v) is 8.38. The van der Waals surface area contributed by atoms with E-state index >= 15 is 0 Å². The van der Waals surface area contributed by atoms with Gasteiger partial charge in [-0.05, 0) is 77.2 Å². The summed E-state index contributed by atoms with van der Waals surface area (Å²) < 4.78 is 0. The summed E-state index contributed by atoms with van der Waals surface area (Å²) in [4.78, 5) is 0. The maximum absolute atomic E-state index is 3.38. The Morgan fingerprint density at radius 1 is 0.383 bits per heavy atom. The number of halogens is 2. The van der Waals surface area contributed by atoms with E-state index in [2.05, 4.69) is 225 Å². The van der Waals surface area contributed by atoms with Crippen LogP contribution in [0.1, 0.15) is 59.1 Å². The van der Waals surface area contributed by atoms with Crippen LogP contribution < -0.4 is 24.8 Å². The summed E-state index contributed by atoms with van der Waals surface area (Å²) in [5.74, 6) is 0. The molecule has 3 heteroatoms. The largest absolute Gasteiger partial charge is 2.00 e. The Labute approximate surface area is 388 Å². The summed E-state index contributed by atoms with van der Waals surface area (Å²) in [6.07, 6.45) is 0.750. The van der Waals surface area contributed by atoms with Crippen LogP contribution in [0.15, 0.2) is 170 Å². The molecule has 0 radical (unpaired) electrons. The van der Waals surface area contributed by atoms with E-state index in [-0.39, 0.29) is 61.8 Å². The molecule has 0 bridgehead atoms. The molecule has 0 N–H and O–H groups in total. The van der Waals surface area contributed by atoms with Crippen LogP contribution in [-0.2, 0) is 37.0 Å². The smallest absolute Gasteiger partial charge is 1.00 e.